The summed E-state index contributed by atoms with van der Waals surface area (Å²) in [6, 6.07) is 10.8. The third kappa shape index (κ3) is 2.33. The Hall–Kier alpha value is -0.860. The predicted octanol–water partition coefficient (Wildman–Crippen LogP) is 1.05. The second kappa shape index (κ2) is 4.11. The lowest BCUT2D eigenvalue weighted by Gasteiger charge is -2.11. The monoisotopic (exact) mass is 149 g/mol. The van der Waals surface area contributed by atoms with E-state index in [2.05, 4.69) is 11.4 Å². The minimum absolute atomic E-state index is 0.0822. The number of nitrogens with two attached hydrogens (primary N) is 1. The number of nitrogens with one attached hydrogen (secondary N) is 1. The van der Waals surface area contributed by atoms with Gasteiger partial charge >= 0.3 is 0 Å². The van der Waals surface area contributed by atoms with Gasteiger partial charge in [-0.2, -0.15) is 0 Å². The maximum Gasteiger partial charge on any atom is 0.0816 e. The molecule has 0 bridgehead atoms. The molecule has 1 rings (SSSR count). The number of hydrogen-bond donors (Lipinski definition) is 2. The highest BCUT2D eigenvalue weighted by molar-refractivity contribution is 5.15. The van der Waals surface area contributed by atoms with Crippen LogP contribution in [0.2, 0.25) is 0 Å². The smallest absolute Gasteiger partial charge is 0.0816 e. The highest BCUT2D eigenvalue weighted by Crippen LogP contribution is 2.04. The number of rotatable bonds is 3. The van der Waals surface area contributed by atoms with Crippen molar-refractivity contribution >= 4 is 0 Å². The van der Waals surface area contributed by atoms with Crippen LogP contribution in [0.25, 0.3) is 0 Å². The molecule has 2 nitrogen and oxygen atoms in total. The first-order chi connectivity index (χ1) is 5.34. The zero-order chi connectivity index (χ0) is 8.10. The summed E-state index contributed by atoms with van der Waals surface area (Å²) in [5.41, 5.74) is 6.77. The van der Waals surface area contributed by atoms with Crippen LogP contribution in [-0.4, -0.2) is 6.54 Å². The van der Waals surface area contributed by atoms with Crippen molar-refractivity contribution < 1.29 is 0 Å². The van der Waals surface area contributed by atoms with Gasteiger partial charge in [-0.15, -0.1) is 0 Å². The summed E-state index contributed by atoms with van der Waals surface area (Å²) >= 11 is 0. The molecule has 59 valence electrons. The van der Waals surface area contributed by atoms with Gasteiger partial charge in [-0.1, -0.05) is 31.2 Å². The molecule has 11 heavy (non-hydrogen) atoms. The SMILES string of the molecule is CCNC(N)c1[c]cccc1. The highest BCUT2D eigenvalue weighted by Gasteiger charge is 2.00. The van der Waals surface area contributed by atoms with Gasteiger partial charge in [0.2, 0.25) is 0 Å². The van der Waals surface area contributed by atoms with E-state index < -0.39 is 0 Å². The molecule has 2 heteroatoms. The Labute approximate surface area is 67.4 Å². The van der Waals surface area contributed by atoms with Crippen molar-refractivity contribution in [3.05, 3.63) is 35.9 Å². The van der Waals surface area contributed by atoms with E-state index >= 15 is 0 Å². The summed E-state index contributed by atoms with van der Waals surface area (Å²) in [6.07, 6.45) is -0.0822. The van der Waals surface area contributed by atoms with E-state index in [4.69, 9.17) is 5.73 Å². The lowest BCUT2D eigenvalue weighted by molar-refractivity contribution is 0.573. The standard InChI is InChI=1S/C9H13N2/c1-2-11-9(10)8-6-4-3-5-7-8/h3-6,9,11H,2,10H2,1H3. The molecule has 0 aliphatic rings. The van der Waals surface area contributed by atoms with Crippen LogP contribution >= 0.6 is 0 Å². The van der Waals surface area contributed by atoms with Gasteiger partial charge in [-0.25, -0.2) is 0 Å². The Balaban J connectivity index is 2.61. The van der Waals surface area contributed by atoms with E-state index in [-0.39, 0.29) is 6.17 Å². The summed E-state index contributed by atoms with van der Waals surface area (Å²) in [6.45, 7) is 2.91. The lowest BCUT2D eigenvalue weighted by atomic mass is 10.2. The molecular weight excluding hydrogens is 136 g/mol. The minimum Gasteiger partial charge on any atom is -0.312 e. The van der Waals surface area contributed by atoms with Crippen LogP contribution in [0.3, 0.4) is 0 Å². The van der Waals surface area contributed by atoms with Gasteiger partial charge in [0.15, 0.2) is 0 Å². The quantitative estimate of drug-likeness (QED) is 0.630. The fourth-order valence-corrected chi connectivity index (χ4v) is 0.931. The third-order valence-electron chi connectivity index (χ3n) is 1.49. The van der Waals surface area contributed by atoms with Gasteiger partial charge in [0, 0.05) is 0 Å². The van der Waals surface area contributed by atoms with Gasteiger partial charge in [-0.3, -0.25) is 5.32 Å². The Morgan fingerprint density at radius 3 is 3.00 bits per heavy atom. The summed E-state index contributed by atoms with van der Waals surface area (Å²) in [5, 5.41) is 3.11. The average Bonchev–Trinajstić information content (AvgIpc) is 2.07. The summed E-state index contributed by atoms with van der Waals surface area (Å²) in [7, 11) is 0. The lowest BCUT2D eigenvalue weighted by Crippen LogP contribution is -2.28. The maximum atomic E-state index is 5.76. The van der Waals surface area contributed by atoms with Gasteiger partial charge in [0.05, 0.1) is 6.17 Å². The molecule has 3 N–H and O–H groups in total. The molecule has 1 radical (unpaired) electrons. The predicted molar refractivity (Wildman–Crippen MR) is 45.9 cm³/mol. The molecule has 0 spiro atoms. The second-order valence-corrected chi connectivity index (χ2v) is 2.35. The number of hydrogen-bond acceptors (Lipinski definition) is 2. The zero-order valence-corrected chi connectivity index (χ0v) is 6.67. The van der Waals surface area contributed by atoms with Crippen molar-refractivity contribution in [1.29, 1.82) is 0 Å². The van der Waals surface area contributed by atoms with Crippen LogP contribution in [0.15, 0.2) is 24.3 Å². The summed E-state index contributed by atoms with van der Waals surface area (Å²) in [5.74, 6) is 0. The molecule has 1 aromatic carbocycles. The van der Waals surface area contributed by atoms with Gasteiger partial charge in [0.1, 0.15) is 0 Å². The van der Waals surface area contributed by atoms with Crippen molar-refractivity contribution in [1.82, 2.24) is 5.32 Å². The fourth-order valence-electron chi connectivity index (χ4n) is 0.931. The summed E-state index contributed by atoms with van der Waals surface area (Å²) in [4.78, 5) is 0. The van der Waals surface area contributed by atoms with Gasteiger partial charge in [-0.05, 0) is 18.2 Å². The minimum atomic E-state index is -0.0822. The third-order valence-corrected chi connectivity index (χ3v) is 1.49. The maximum absolute atomic E-state index is 5.76. The van der Waals surface area contributed by atoms with Crippen molar-refractivity contribution in [2.45, 2.75) is 13.1 Å². The van der Waals surface area contributed by atoms with E-state index in [1.807, 2.05) is 31.2 Å². The summed E-state index contributed by atoms with van der Waals surface area (Å²) < 4.78 is 0. The molecular formula is C9H13N2. The molecule has 1 unspecified atom stereocenters. The number of benzene rings is 1. The molecule has 0 saturated heterocycles. The molecule has 0 aliphatic heterocycles. The van der Waals surface area contributed by atoms with Crippen molar-refractivity contribution in [2.75, 3.05) is 6.54 Å². The molecule has 0 amide bonds. The van der Waals surface area contributed by atoms with E-state index in [9.17, 15) is 0 Å². The van der Waals surface area contributed by atoms with E-state index in [0.717, 1.165) is 12.1 Å². The van der Waals surface area contributed by atoms with Crippen molar-refractivity contribution in [3.8, 4) is 0 Å². The normalized spacial score (nSPS) is 12.9. The Morgan fingerprint density at radius 2 is 2.45 bits per heavy atom. The Kier molecular flexibility index (Phi) is 3.08. The molecule has 1 atom stereocenters. The van der Waals surface area contributed by atoms with Crippen LogP contribution < -0.4 is 11.1 Å². The first-order valence-electron chi connectivity index (χ1n) is 3.80. The van der Waals surface area contributed by atoms with Gasteiger partial charge < -0.3 is 5.73 Å². The van der Waals surface area contributed by atoms with Crippen LogP contribution in [0, 0.1) is 6.07 Å². The van der Waals surface area contributed by atoms with Crippen LogP contribution in [-0.2, 0) is 0 Å². The topological polar surface area (TPSA) is 38.0 Å². The van der Waals surface area contributed by atoms with Crippen LogP contribution in [0.5, 0.6) is 0 Å². The molecule has 0 aliphatic carbocycles. The highest BCUT2D eigenvalue weighted by atomic mass is 15.0. The molecule has 0 aromatic heterocycles. The average molecular weight is 149 g/mol. The molecule has 0 heterocycles. The van der Waals surface area contributed by atoms with Gasteiger partial charge in [0.25, 0.3) is 0 Å². The van der Waals surface area contributed by atoms with Crippen LogP contribution in [0.4, 0.5) is 0 Å². The van der Waals surface area contributed by atoms with E-state index in [0.29, 0.717) is 0 Å². The first-order valence-corrected chi connectivity index (χ1v) is 3.80. The van der Waals surface area contributed by atoms with Crippen molar-refractivity contribution in [2.24, 2.45) is 5.73 Å². The zero-order valence-electron chi connectivity index (χ0n) is 6.67. The van der Waals surface area contributed by atoms with E-state index in [1.165, 1.54) is 0 Å². The van der Waals surface area contributed by atoms with E-state index in [1.54, 1.807) is 0 Å². The Morgan fingerprint density at radius 1 is 1.64 bits per heavy atom. The molecule has 0 saturated carbocycles. The Bertz CT molecular complexity index is 196. The van der Waals surface area contributed by atoms with Crippen LogP contribution in [0.1, 0.15) is 18.7 Å². The largest absolute Gasteiger partial charge is 0.312 e. The first kappa shape index (κ1) is 8.24. The van der Waals surface area contributed by atoms with Crippen molar-refractivity contribution in [3.63, 3.8) is 0 Å². The second-order valence-electron chi connectivity index (χ2n) is 2.35. The molecule has 1 aromatic rings. The fraction of sp³-hybridized carbons (Fsp3) is 0.333. The molecule has 0 fully saturated rings.